The minimum Gasteiger partial charge on any atom is -0.381 e. The van der Waals surface area contributed by atoms with Gasteiger partial charge in [0.15, 0.2) is 0 Å². The summed E-state index contributed by atoms with van der Waals surface area (Å²) in [6.07, 6.45) is 2.03. The van der Waals surface area contributed by atoms with Crippen LogP contribution in [-0.4, -0.2) is 25.7 Å². The Balaban J connectivity index is 1.90. The predicted octanol–water partition coefficient (Wildman–Crippen LogP) is 3.06. The molecule has 0 spiro atoms. The van der Waals surface area contributed by atoms with Crippen molar-refractivity contribution in [2.45, 2.75) is 19.8 Å². The van der Waals surface area contributed by atoms with E-state index in [1.165, 1.54) is 11.3 Å². The Morgan fingerprint density at radius 2 is 2.29 bits per heavy atom. The van der Waals surface area contributed by atoms with Gasteiger partial charge in [0.1, 0.15) is 4.88 Å². The number of ether oxygens (including phenoxy) is 1. The van der Waals surface area contributed by atoms with Crippen LogP contribution in [-0.2, 0) is 4.74 Å². The van der Waals surface area contributed by atoms with E-state index in [4.69, 9.17) is 4.74 Å². The summed E-state index contributed by atoms with van der Waals surface area (Å²) in [5.41, 5.74) is 0.178. The summed E-state index contributed by atoms with van der Waals surface area (Å²) in [5, 5.41) is 4.93. The van der Waals surface area contributed by atoms with Crippen molar-refractivity contribution >= 4 is 33.2 Å². The molecule has 0 unspecified atom stereocenters. The number of thiophene rings is 1. The molecule has 1 aliphatic heterocycles. The van der Waals surface area contributed by atoms with Gasteiger partial charge < -0.3 is 10.1 Å². The van der Waals surface area contributed by atoms with E-state index in [0.29, 0.717) is 0 Å². The highest BCUT2D eigenvalue weighted by atomic mass is 79.9. The van der Waals surface area contributed by atoms with Gasteiger partial charge in [0.25, 0.3) is 5.91 Å². The first-order valence-corrected chi connectivity index (χ1v) is 7.37. The van der Waals surface area contributed by atoms with Crippen molar-refractivity contribution in [3.63, 3.8) is 0 Å². The number of hydrogen-bond donors (Lipinski definition) is 1. The predicted molar refractivity (Wildman–Crippen MR) is 72.5 cm³/mol. The summed E-state index contributed by atoms with van der Waals surface area (Å²) in [7, 11) is 0. The number of carbonyl (C=O) groups is 1. The first-order valence-electron chi connectivity index (χ1n) is 5.70. The second-order valence-corrected chi connectivity index (χ2v) is 6.47. The molecule has 1 aromatic heterocycles. The highest BCUT2D eigenvalue weighted by Gasteiger charge is 2.28. The fourth-order valence-electron chi connectivity index (χ4n) is 1.87. The maximum atomic E-state index is 11.9. The van der Waals surface area contributed by atoms with Crippen molar-refractivity contribution in [3.05, 3.63) is 20.8 Å². The van der Waals surface area contributed by atoms with Crippen LogP contribution in [0, 0.1) is 5.41 Å². The Morgan fingerprint density at radius 3 is 2.88 bits per heavy atom. The average molecular weight is 318 g/mol. The van der Waals surface area contributed by atoms with Crippen molar-refractivity contribution in [3.8, 4) is 0 Å². The third kappa shape index (κ3) is 3.30. The number of nitrogens with one attached hydrogen (secondary N) is 1. The topological polar surface area (TPSA) is 38.3 Å². The Labute approximate surface area is 114 Å². The van der Waals surface area contributed by atoms with E-state index in [9.17, 15) is 4.79 Å². The largest absolute Gasteiger partial charge is 0.381 e. The maximum Gasteiger partial charge on any atom is 0.262 e. The van der Waals surface area contributed by atoms with E-state index in [1.807, 2.05) is 11.4 Å². The lowest BCUT2D eigenvalue weighted by molar-refractivity contribution is 0.0238. The zero-order valence-corrected chi connectivity index (χ0v) is 12.2. The molecular formula is C12H16BrNO2S. The van der Waals surface area contributed by atoms with E-state index in [0.717, 1.165) is 42.0 Å². The van der Waals surface area contributed by atoms with Crippen molar-refractivity contribution in [1.29, 1.82) is 0 Å². The molecule has 0 saturated carbocycles. The lowest BCUT2D eigenvalue weighted by atomic mass is 9.82. The summed E-state index contributed by atoms with van der Waals surface area (Å²) in [5.74, 6) is 0.0135. The molecule has 94 valence electrons. The lowest BCUT2D eigenvalue weighted by Crippen LogP contribution is -2.39. The second-order valence-electron chi connectivity index (χ2n) is 4.70. The molecule has 1 aromatic rings. The maximum absolute atomic E-state index is 11.9. The molecule has 0 bridgehead atoms. The van der Waals surface area contributed by atoms with Gasteiger partial charge in [0.2, 0.25) is 0 Å². The van der Waals surface area contributed by atoms with Crippen molar-refractivity contribution < 1.29 is 9.53 Å². The van der Waals surface area contributed by atoms with Crippen molar-refractivity contribution in [1.82, 2.24) is 5.32 Å². The fourth-order valence-corrected chi connectivity index (χ4v) is 3.34. The molecule has 1 saturated heterocycles. The Hall–Kier alpha value is -0.390. The first kappa shape index (κ1) is 13.1. The summed E-state index contributed by atoms with van der Waals surface area (Å²) in [6, 6.07) is 1.90. The highest BCUT2D eigenvalue weighted by Crippen LogP contribution is 2.29. The molecule has 0 radical (unpaired) electrons. The van der Waals surface area contributed by atoms with Gasteiger partial charge in [-0.1, -0.05) is 6.92 Å². The van der Waals surface area contributed by atoms with Gasteiger partial charge in [0, 0.05) is 24.2 Å². The monoisotopic (exact) mass is 317 g/mol. The molecule has 0 aromatic carbocycles. The SMILES string of the molecule is CC1(CNC(=O)c2sccc2Br)CCOCC1. The molecular weight excluding hydrogens is 302 g/mol. The molecule has 1 N–H and O–H groups in total. The number of amides is 1. The van der Waals surface area contributed by atoms with E-state index < -0.39 is 0 Å². The van der Waals surface area contributed by atoms with Crippen LogP contribution in [0.5, 0.6) is 0 Å². The molecule has 17 heavy (non-hydrogen) atoms. The Morgan fingerprint density at radius 1 is 1.59 bits per heavy atom. The van der Waals surface area contributed by atoms with E-state index >= 15 is 0 Å². The van der Waals surface area contributed by atoms with E-state index in [-0.39, 0.29) is 11.3 Å². The molecule has 1 amide bonds. The molecule has 5 heteroatoms. The third-order valence-corrected chi connectivity index (χ3v) is 5.04. The number of carbonyl (C=O) groups excluding carboxylic acids is 1. The normalized spacial score (nSPS) is 18.9. The van der Waals surface area contributed by atoms with E-state index in [2.05, 4.69) is 28.2 Å². The quantitative estimate of drug-likeness (QED) is 0.930. The standard InChI is InChI=1S/C12H16BrNO2S/c1-12(3-5-16-6-4-12)8-14-11(15)10-9(13)2-7-17-10/h2,7H,3-6,8H2,1H3,(H,14,15). The zero-order valence-electron chi connectivity index (χ0n) is 9.79. The fraction of sp³-hybridized carbons (Fsp3) is 0.583. The van der Waals surface area contributed by atoms with Gasteiger partial charge >= 0.3 is 0 Å². The molecule has 1 aliphatic rings. The van der Waals surface area contributed by atoms with Gasteiger partial charge in [-0.3, -0.25) is 4.79 Å². The Bertz CT molecular complexity index is 399. The van der Waals surface area contributed by atoms with Crippen LogP contribution in [0.2, 0.25) is 0 Å². The zero-order chi connectivity index (χ0) is 12.3. The van der Waals surface area contributed by atoms with Crippen LogP contribution in [0.1, 0.15) is 29.4 Å². The summed E-state index contributed by atoms with van der Waals surface area (Å²) in [4.78, 5) is 12.7. The van der Waals surface area contributed by atoms with Gasteiger partial charge in [-0.15, -0.1) is 11.3 Å². The van der Waals surface area contributed by atoms with Crippen molar-refractivity contribution in [2.75, 3.05) is 19.8 Å². The summed E-state index contributed by atoms with van der Waals surface area (Å²) in [6.45, 7) is 4.53. The first-order chi connectivity index (χ1) is 8.11. The number of rotatable bonds is 3. The van der Waals surface area contributed by atoms with Crippen LogP contribution < -0.4 is 5.32 Å². The minimum absolute atomic E-state index is 0.0135. The highest BCUT2D eigenvalue weighted by molar-refractivity contribution is 9.10. The summed E-state index contributed by atoms with van der Waals surface area (Å²) >= 11 is 4.84. The van der Waals surface area contributed by atoms with E-state index in [1.54, 1.807) is 0 Å². The van der Waals surface area contributed by atoms with Gasteiger partial charge in [-0.25, -0.2) is 0 Å². The Kier molecular flexibility index (Phi) is 4.22. The van der Waals surface area contributed by atoms with Gasteiger partial charge in [0.05, 0.1) is 0 Å². The van der Waals surface area contributed by atoms with Gasteiger partial charge in [-0.05, 0) is 45.6 Å². The third-order valence-electron chi connectivity index (χ3n) is 3.20. The lowest BCUT2D eigenvalue weighted by Gasteiger charge is -2.33. The van der Waals surface area contributed by atoms with Crippen LogP contribution in [0.3, 0.4) is 0 Å². The smallest absolute Gasteiger partial charge is 0.262 e. The number of hydrogen-bond acceptors (Lipinski definition) is 3. The van der Waals surface area contributed by atoms with Crippen LogP contribution in [0.4, 0.5) is 0 Å². The summed E-state index contributed by atoms with van der Waals surface area (Å²) < 4.78 is 6.22. The minimum atomic E-state index is 0.0135. The van der Waals surface area contributed by atoms with Crippen LogP contribution in [0.15, 0.2) is 15.9 Å². The van der Waals surface area contributed by atoms with Crippen LogP contribution >= 0.6 is 27.3 Å². The molecule has 1 fully saturated rings. The van der Waals surface area contributed by atoms with Gasteiger partial charge in [-0.2, -0.15) is 0 Å². The van der Waals surface area contributed by atoms with Crippen molar-refractivity contribution in [2.24, 2.45) is 5.41 Å². The van der Waals surface area contributed by atoms with Crippen LogP contribution in [0.25, 0.3) is 0 Å². The average Bonchev–Trinajstić information content (AvgIpc) is 2.74. The molecule has 2 rings (SSSR count). The second kappa shape index (κ2) is 5.50. The molecule has 0 aliphatic carbocycles. The molecule has 3 nitrogen and oxygen atoms in total. The number of halogens is 1. The molecule has 0 atom stereocenters. The molecule has 2 heterocycles.